The fourth-order valence-electron chi connectivity index (χ4n) is 2.80. The van der Waals surface area contributed by atoms with E-state index >= 15 is 0 Å². The lowest BCUT2D eigenvalue weighted by Crippen LogP contribution is -2.37. The van der Waals surface area contributed by atoms with Crippen molar-refractivity contribution in [2.75, 3.05) is 25.0 Å². The molecule has 0 fully saturated rings. The molecule has 1 aliphatic heterocycles. The molecule has 0 radical (unpaired) electrons. The molecule has 1 aromatic heterocycles. The maximum atomic E-state index is 12.4. The van der Waals surface area contributed by atoms with Crippen molar-refractivity contribution in [1.29, 1.82) is 0 Å². The van der Waals surface area contributed by atoms with Gasteiger partial charge in [0.2, 0.25) is 0 Å². The molecule has 1 aromatic carbocycles. The Morgan fingerprint density at radius 2 is 1.71 bits per heavy atom. The molecular formula is C18H20N4O2. The van der Waals surface area contributed by atoms with Gasteiger partial charge in [-0.15, -0.1) is 0 Å². The number of likely N-dealkylation sites (N-methyl/N-ethyl adjacent to an activating group) is 1. The maximum absolute atomic E-state index is 12.4. The molecule has 0 unspecified atom stereocenters. The summed E-state index contributed by atoms with van der Waals surface area (Å²) in [6.45, 7) is 4.75. The first-order valence-electron chi connectivity index (χ1n) is 8.02. The van der Waals surface area contributed by atoms with Crippen LogP contribution in [0.1, 0.15) is 39.2 Å². The van der Waals surface area contributed by atoms with Crippen LogP contribution in [0.5, 0.6) is 0 Å². The van der Waals surface area contributed by atoms with Crippen molar-refractivity contribution in [2.45, 2.75) is 20.3 Å². The van der Waals surface area contributed by atoms with Crippen molar-refractivity contribution in [3.63, 3.8) is 0 Å². The summed E-state index contributed by atoms with van der Waals surface area (Å²) in [5.41, 5.74) is 1.94. The number of carbonyl (C=O) groups is 2. The van der Waals surface area contributed by atoms with Crippen molar-refractivity contribution in [3.8, 4) is 0 Å². The van der Waals surface area contributed by atoms with E-state index in [2.05, 4.69) is 9.97 Å². The van der Waals surface area contributed by atoms with Crippen LogP contribution in [0, 0.1) is 6.92 Å². The lowest BCUT2D eigenvalue weighted by Gasteiger charge is -2.22. The minimum Gasteiger partial charge on any atom is -0.358 e. The van der Waals surface area contributed by atoms with Crippen LogP contribution in [-0.2, 0) is 6.42 Å². The molecule has 3 rings (SSSR count). The van der Waals surface area contributed by atoms with E-state index in [-0.39, 0.29) is 11.8 Å². The van der Waals surface area contributed by atoms with Gasteiger partial charge in [-0.3, -0.25) is 14.5 Å². The molecule has 2 aromatic rings. The monoisotopic (exact) mass is 324 g/mol. The summed E-state index contributed by atoms with van der Waals surface area (Å²) in [5, 5.41) is 0. The SMILES string of the molecule is CCc1cc(N(C)CCN2C(=O)c3ccccc3C2=O)nc(C)n1. The molecule has 6 heteroatoms. The van der Waals surface area contributed by atoms with Crippen LogP contribution in [0.25, 0.3) is 0 Å². The second-order valence-electron chi connectivity index (χ2n) is 5.85. The first kappa shape index (κ1) is 16.1. The number of carbonyl (C=O) groups excluding carboxylic acids is 2. The van der Waals surface area contributed by atoms with Crippen molar-refractivity contribution in [3.05, 3.63) is 53.0 Å². The molecule has 0 saturated carbocycles. The first-order valence-corrected chi connectivity index (χ1v) is 8.02. The number of aryl methyl sites for hydroxylation is 2. The van der Waals surface area contributed by atoms with Crippen LogP contribution < -0.4 is 4.90 Å². The lowest BCUT2D eigenvalue weighted by atomic mass is 10.1. The van der Waals surface area contributed by atoms with Gasteiger partial charge in [-0.1, -0.05) is 19.1 Å². The highest BCUT2D eigenvalue weighted by atomic mass is 16.2. The molecule has 0 saturated heterocycles. The summed E-state index contributed by atoms with van der Waals surface area (Å²) in [5.74, 6) is 1.07. The van der Waals surface area contributed by atoms with Crippen molar-refractivity contribution < 1.29 is 9.59 Å². The second kappa shape index (κ2) is 6.39. The normalized spacial score (nSPS) is 13.4. The zero-order valence-electron chi connectivity index (χ0n) is 14.1. The third kappa shape index (κ3) is 2.87. The second-order valence-corrected chi connectivity index (χ2v) is 5.85. The Balaban J connectivity index is 1.72. The highest BCUT2D eigenvalue weighted by Gasteiger charge is 2.34. The molecule has 2 amide bonds. The third-order valence-electron chi connectivity index (χ3n) is 4.17. The van der Waals surface area contributed by atoms with Crippen molar-refractivity contribution in [1.82, 2.24) is 14.9 Å². The van der Waals surface area contributed by atoms with Gasteiger partial charge >= 0.3 is 0 Å². The predicted octanol–water partition coefficient (Wildman–Crippen LogP) is 2.08. The van der Waals surface area contributed by atoms with Crippen LogP contribution in [0.3, 0.4) is 0 Å². The average Bonchev–Trinajstić information content (AvgIpc) is 2.83. The topological polar surface area (TPSA) is 66.4 Å². The van der Waals surface area contributed by atoms with Gasteiger partial charge in [0.15, 0.2) is 0 Å². The van der Waals surface area contributed by atoms with Gasteiger partial charge < -0.3 is 4.90 Å². The molecule has 0 spiro atoms. The highest BCUT2D eigenvalue weighted by Crippen LogP contribution is 2.22. The van der Waals surface area contributed by atoms with Crippen LogP contribution in [0.2, 0.25) is 0 Å². The Morgan fingerprint density at radius 1 is 1.08 bits per heavy atom. The Kier molecular flexibility index (Phi) is 4.29. The van der Waals surface area contributed by atoms with Gasteiger partial charge in [0.25, 0.3) is 11.8 Å². The molecule has 2 heterocycles. The van der Waals surface area contributed by atoms with Gasteiger partial charge in [-0.05, 0) is 25.5 Å². The van der Waals surface area contributed by atoms with E-state index < -0.39 is 0 Å². The molecule has 0 aliphatic carbocycles. The number of imide groups is 1. The Morgan fingerprint density at radius 3 is 2.29 bits per heavy atom. The lowest BCUT2D eigenvalue weighted by molar-refractivity contribution is 0.0658. The van der Waals surface area contributed by atoms with E-state index in [0.717, 1.165) is 23.8 Å². The smallest absolute Gasteiger partial charge is 0.261 e. The average molecular weight is 324 g/mol. The summed E-state index contributed by atoms with van der Waals surface area (Å²) in [4.78, 5) is 36.8. The van der Waals surface area contributed by atoms with E-state index in [1.54, 1.807) is 24.3 Å². The van der Waals surface area contributed by atoms with Gasteiger partial charge in [-0.25, -0.2) is 9.97 Å². The number of anilines is 1. The van der Waals surface area contributed by atoms with E-state index in [1.165, 1.54) is 4.90 Å². The third-order valence-corrected chi connectivity index (χ3v) is 4.17. The molecular weight excluding hydrogens is 304 g/mol. The molecule has 24 heavy (non-hydrogen) atoms. The zero-order chi connectivity index (χ0) is 17.3. The number of amides is 2. The number of hydrogen-bond donors (Lipinski definition) is 0. The molecule has 1 aliphatic rings. The molecule has 0 bridgehead atoms. The maximum Gasteiger partial charge on any atom is 0.261 e. The van der Waals surface area contributed by atoms with E-state index in [9.17, 15) is 9.59 Å². The summed E-state index contributed by atoms with van der Waals surface area (Å²) >= 11 is 0. The fourth-order valence-corrected chi connectivity index (χ4v) is 2.80. The quantitative estimate of drug-likeness (QED) is 0.788. The van der Waals surface area contributed by atoms with Crippen LogP contribution in [-0.4, -0.2) is 46.8 Å². The largest absolute Gasteiger partial charge is 0.358 e. The Labute approximate surface area is 141 Å². The van der Waals surface area contributed by atoms with E-state index in [1.807, 2.05) is 31.9 Å². The number of hydrogen-bond acceptors (Lipinski definition) is 5. The number of aromatic nitrogens is 2. The molecule has 6 nitrogen and oxygen atoms in total. The highest BCUT2D eigenvalue weighted by molar-refractivity contribution is 6.21. The summed E-state index contributed by atoms with van der Waals surface area (Å²) in [6, 6.07) is 8.88. The zero-order valence-corrected chi connectivity index (χ0v) is 14.1. The van der Waals surface area contributed by atoms with Crippen molar-refractivity contribution in [2.24, 2.45) is 0 Å². The molecule has 0 atom stereocenters. The minimum absolute atomic E-state index is 0.225. The predicted molar refractivity (Wildman–Crippen MR) is 91.2 cm³/mol. The number of fused-ring (bicyclic) bond motifs is 1. The Hall–Kier alpha value is -2.76. The number of nitrogens with zero attached hydrogens (tertiary/aromatic N) is 4. The van der Waals surface area contributed by atoms with E-state index in [0.29, 0.717) is 24.2 Å². The van der Waals surface area contributed by atoms with E-state index in [4.69, 9.17) is 0 Å². The van der Waals surface area contributed by atoms with Crippen LogP contribution >= 0.6 is 0 Å². The summed E-state index contributed by atoms with van der Waals surface area (Å²) in [7, 11) is 1.90. The first-order chi connectivity index (χ1) is 11.5. The fraction of sp³-hybridized carbons (Fsp3) is 0.333. The van der Waals surface area contributed by atoms with Gasteiger partial charge in [0.05, 0.1) is 11.1 Å². The Bertz CT molecular complexity index is 768. The summed E-state index contributed by atoms with van der Waals surface area (Å²) < 4.78 is 0. The number of benzene rings is 1. The van der Waals surface area contributed by atoms with Crippen molar-refractivity contribution >= 4 is 17.6 Å². The van der Waals surface area contributed by atoms with Crippen LogP contribution in [0.4, 0.5) is 5.82 Å². The molecule has 124 valence electrons. The van der Waals surface area contributed by atoms with Gasteiger partial charge in [-0.2, -0.15) is 0 Å². The number of rotatable bonds is 5. The standard InChI is InChI=1S/C18H20N4O2/c1-4-13-11-16(20-12(2)19-13)21(3)9-10-22-17(23)14-7-5-6-8-15(14)18(22)24/h5-8,11H,4,9-10H2,1-3H3. The van der Waals surface area contributed by atoms with Crippen LogP contribution in [0.15, 0.2) is 30.3 Å². The van der Waals surface area contributed by atoms with Gasteiger partial charge in [0, 0.05) is 31.9 Å². The van der Waals surface area contributed by atoms with Gasteiger partial charge in [0.1, 0.15) is 11.6 Å². The summed E-state index contributed by atoms with van der Waals surface area (Å²) in [6.07, 6.45) is 0.836. The minimum atomic E-state index is -0.225. The molecule has 0 N–H and O–H groups in total.